The van der Waals surface area contributed by atoms with Crippen LogP contribution in [0.1, 0.15) is 50.4 Å². The first-order valence-electron chi connectivity index (χ1n) is 14.2. The fourth-order valence-electron chi connectivity index (χ4n) is 4.94. The van der Waals surface area contributed by atoms with Gasteiger partial charge < -0.3 is 18.9 Å². The minimum Gasteiger partial charge on any atom is -0.493 e. The summed E-state index contributed by atoms with van der Waals surface area (Å²) in [4.78, 5) is 32.5. The first-order chi connectivity index (χ1) is 21.2. The van der Waals surface area contributed by atoms with Crippen molar-refractivity contribution in [3.8, 4) is 17.2 Å². The number of halogens is 1. The number of esters is 1. The van der Waals surface area contributed by atoms with Crippen LogP contribution in [0, 0.1) is 0 Å². The number of hydrogen-bond donors (Lipinski definition) is 0. The number of rotatable bonds is 10. The summed E-state index contributed by atoms with van der Waals surface area (Å²) in [5, 5.41) is 0. The molecule has 10 heteroatoms. The first kappa shape index (κ1) is 31.3. The number of hydrogen-bond acceptors (Lipinski definition) is 8. The lowest BCUT2D eigenvalue weighted by molar-refractivity contribution is -0.139. The van der Waals surface area contributed by atoms with Crippen LogP contribution < -0.4 is 29.1 Å². The number of thiazole rings is 1. The number of fused-ring (bicyclic) bond motifs is 1. The standard InChI is InChI=1S/C34H33BrN2O6S/c1-6-41-33(39)30-21(4)36-34-37(31(30)25-9-7-8-10-26(25)43-20(2)3)32(38)29(44-34)18-23-13-16-27(28(17-23)40-5)42-19-22-11-14-24(35)15-12-22/h7-18,20,31H,6,19H2,1-5H3/b29-18+/t31-/m0/s1. The molecule has 2 heterocycles. The SMILES string of the molecule is CCOC(=O)C1=C(C)N=c2s/c(=C/c3ccc(OCc4ccc(Br)cc4)c(OC)c3)c(=O)n2[C@H]1c1ccccc1OC(C)C. The number of nitrogens with zero attached hydrogens (tertiary/aromatic N) is 2. The highest BCUT2D eigenvalue weighted by Crippen LogP contribution is 2.36. The molecule has 1 aliphatic rings. The average molecular weight is 678 g/mol. The van der Waals surface area contributed by atoms with Gasteiger partial charge in [-0.3, -0.25) is 9.36 Å². The lowest BCUT2D eigenvalue weighted by Crippen LogP contribution is -2.40. The Labute approximate surface area is 268 Å². The molecule has 8 nitrogen and oxygen atoms in total. The molecule has 1 aromatic heterocycles. The minimum atomic E-state index is -0.772. The zero-order chi connectivity index (χ0) is 31.4. The van der Waals surface area contributed by atoms with Gasteiger partial charge in [-0.15, -0.1) is 0 Å². The van der Waals surface area contributed by atoms with Crippen LogP contribution in [0.2, 0.25) is 0 Å². The molecular weight excluding hydrogens is 644 g/mol. The number of para-hydroxylation sites is 1. The molecule has 1 aliphatic heterocycles. The van der Waals surface area contributed by atoms with E-state index in [1.807, 2.05) is 80.6 Å². The van der Waals surface area contributed by atoms with Gasteiger partial charge in [-0.25, -0.2) is 9.79 Å². The predicted molar refractivity (Wildman–Crippen MR) is 174 cm³/mol. The smallest absolute Gasteiger partial charge is 0.338 e. The molecule has 0 bridgehead atoms. The fraction of sp³-hybridized carbons (Fsp3) is 0.265. The fourth-order valence-corrected chi connectivity index (χ4v) is 6.25. The molecule has 0 amide bonds. The van der Waals surface area contributed by atoms with Gasteiger partial charge in [0.15, 0.2) is 16.3 Å². The molecule has 0 radical (unpaired) electrons. The van der Waals surface area contributed by atoms with E-state index in [1.165, 1.54) is 11.3 Å². The Morgan fingerprint density at radius 3 is 2.52 bits per heavy atom. The molecule has 0 N–H and O–H groups in total. The second-order valence-electron chi connectivity index (χ2n) is 10.3. The van der Waals surface area contributed by atoms with Gasteiger partial charge in [0.05, 0.1) is 35.6 Å². The van der Waals surface area contributed by atoms with Gasteiger partial charge in [-0.1, -0.05) is 63.7 Å². The van der Waals surface area contributed by atoms with Crippen molar-refractivity contribution >= 4 is 39.3 Å². The molecule has 1 atom stereocenters. The minimum absolute atomic E-state index is 0.111. The Morgan fingerprint density at radius 1 is 1.07 bits per heavy atom. The predicted octanol–water partition coefficient (Wildman–Crippen LogP) is 5.94. The van der Waals surface area contributed by atoms with Crippen molar-refractivity contribution in [3.63, 3.8) is 0 Å². The Bertz CT molecular complexity index is 1890. The van der Waals surface area contributed by atoms with Crippen molar-refractivity contribution in [2.24, 2.45) is 4.99 Å². The third-order valence-corrected chi connectivity index (χ3v) is 8.40. The summed E-state index contributed by atoms with van der Waals surface area (Å²) in [6, 6.07) is 20.1. The highest BCUT2D eigenvalue weighted by Gasteiger charge is 2.35. The maximum Gasteiger partial charge on any atom is 0.338 e. The lowest BCUT2D eigenvalue weighted by atomic mass is 9.95. The van der Waals surface area contributed by atoms with Crippen LogP contribution in [0.25, 0.3) is 6.08 Å². The molecule has 4 aromatic rings. The Kier molecular flexibility index (Phi) is 9.71. The molecule has 3 aromatic carbocycles. The summed E-state index contributed by atoms with van der Waals surface area (Å²) < 4.78 is 26.2. The molecule has 228 valence electrons. The summed E-state index contributed by atoms with van der Waals surface area (Å²) >= 11 is 4.70. The van der Waals surface area contributed by atoms with Gasteiger partial charge in [0.25, 0.3) is 5.56 Å². The topological polar surface area (TPSA) is 88.4 Å². The number of aromatic nitrogens is 1. The number of benzene rings is 3. The highest BCUT2D eigenvalue weighted by atomic mass is 79.9. The van der Waals surface area contributed by atoms with Crippen LogP contribution in [-0.4, -0.2) is 30.4 Å². The van der Waals surface area contributed by atoms with Crippen molar-refractivity contribution in [2.75, 3.05) is 13.7 Å². The maximum atomic E-state index is 14.1. The Balaban J connectivity index is 1.57. The zero-order valence-corrected chi connectivity index (χ0v) is 27.5. The van der Waals surface area contributed by atoms with Crippen molar-refractivity contribution < 1.29 is 23.7 Å². The zero-order valence-electron chi connectivity index (χ0n) is 25.1. The summed E-state index contributed by atoms with van der Waals surface area (Å²) in [6.45, 7) is 7.95. The molecule has 0 saturated carbocycles. The van der Waals surface area contributed by atoms with Crippen molar-refractivity contribution in [3.05, 3.63) is 119 Å². The second-order valence-corrected chi connectivity index (χ2v) is 12.3. The van der Waals surface area contributed by atoms with Crippen LogP contribution in [-0.2, 0) is 16.1 Å². The molecule has 0 spiro atoms. The van der Waals surface area contributed by atoms with E-state index in [0.717, 1.165) is 15.6 Å². The van der Waals surface area contributed by atoms with Gasteiger partial charge in [0.1, 0.15) is 18.4 Å². The van der Waals surface area contributed by atoms with Crippen molar-refractivity contribution in [1.82, 2.24) is 4.57 Å². The van der Waals surface area contributed by atoms with Gasteiger partial charge in [-0.2, -0.15) is 0 Å². The van der Waals surface area contributed by atoms with E-state index < -0.39 is 12.0 Å². The van der Waals surface area contributed by atoms with E-state index in [0.29, 0.717) is 50.0 Å². The quantitative estimate of drug-likeness (QED) is 0.193. The molecule has 5 rings (SSSR count). The number of carbonyl (C=O) groups excluding carboxylic acids is 1. The third-order valence-electron chi connectivity index (χ3n) is 6.89. The highest BCUT2D eigenvalue weighted by molar-refractivity contribution is 9.10. The number of allylic oxidation sites excluding steroid dienone is 1. The molecule has 0 fully saturated rings. The molecule has 0 unspecified atom stereocenters. The van der Waals surface area contributed by atoms with Gasteiger partial charge in [0.2, 0.25) is 0 Å². The van der Waals surface area contributed by atoms with Crippen LogP contribution in [0.3, 0.4) is 0 Å². The Hall–Kier alpha value is -4.15. The van der Waals surface area contributed by atoms with Gasteiger partial charge in [0, 0.05) is 10.0 Å². The van der Waals surface area contributed by atoms with E-state index >= 15 is 0 Å². The van der Waals surface area contributed by atoms with E-state index in [2.05, 4.69) is 20.9 Å². The van der Waals surface area contributed by atoms with E-state index in [9.17, 15) is 9.59 Å². The van der Waals surface area contributed by atoms with Crippen LogP contribution in [0.5, 0.6) is 17.2 Å². The monoisotopic (exact) mass is 676 g/mol. The van der Waals surface area contributed by atoms with Gasteiger partial charge >= 0.3 is 5.97 Å². The van der Waals surface area contributed by atoms with Crippen LogP contribution >= 0.6 is 27.3 Å². The van der Waals surface area contributed by atoms with Crippen LogP contribution in [0.4, 0.5) is 0 Å². The Morgan fingerprint density at radius 2 is 1.82 bits per heavy atom. The maximum absolute atomic E-state index is 14.1. The summed E-state index contributed by atoms with van der Waals surface area (Å²) in [5.74, 6) is 1.20. The average Bonchev–Trinajstić information content (AvgIpc) is 3.30. The molecule has 0 saturated heterocycles. The first-order valence-corrected chi connectivity index (χ1v) is 15.8. The normalized spacial score (nSPS) is 14.7. The van der Waals surface area contributed by atoms with E-state index in [-0.39, 0.29) is 18.3 Å². The summed E-state index contributed by atoms with van der Waals surface area (Å²) in [5.41, 5.74) is 2.98. The largest absolute Gasteiger partial charge is 0.493 e. The van der Waals surface area contributed by atoms with Gasteiger partial charge in [-0.05, 0) is 75.2 Å². The summed E-state index contributed by atoms with van der Waals surface area (Å²) in [6.07, 6.45) is 1.68. The van der Waals surface area contributed by atoms with Crippen molar-refractivity contribution in [1.29, 1.82) is 0 Å². The summed E-state index contributed by atoms with van der Waals surface area (Å²) in [7, 11) is 1.58. The third kappa shape index (κ3) is 6.66. The van der Waals surface area contributed by atoms with Crippen LogP contribution in [0.15, 0.2) is 92.3 Å². The molecule has 44 heavy (non-hydrogen) atoms. The number of methoxy groups -OCH3 is 1. The number of ether oxygens (including phenoxy) is 4. The second kappa shape index (κ2) is 13.7. The molecule has 0 aliphatic carbocycles. The lowest BCUT2D eigenvalue weighted by Gasteiger charge is -2.26. The van der Waals surface area contributed by atoms with Crippen molar-refractivity contribution in [2.45, 2.75) is 46.4 Å². The van der Waals surface area contributed by atoms with E-state index in [1.54, 1.807) is 31.6 Å². The number of carbonyl (C=O) groups is 1. The van der Waals surface area contributed by atoms with E-state index in [4.69, 9.17) is 18.9 Å². The molecular formula is C34H33BrN2O6S.